The van der Waals surface area contributed by atoms with E-state index in [2.05, 4.69) is 48.8 Å². The van der Waals surface area contributed by atoms with Gasteiger partial charge in [0.15, 0.2) is 0 Å². The maximum Gasteiger partial charge on any atom is 0.0511 e. The molecule has 0 unspecified atom stereocenters. The van der Waals surface area contributed by atoms with Crippen LogP contribution in [0.2, 0.25) is 0 Å². The molecule has 0 N–H and O–H groups in total. The van der Waals surface area contributed by atoms with Crippen LogP contribution in [0.1, 0.15) is 18.1 Å². The Morgan fingerprint density at radius 3 is 2.39 bits per heavy atom. The van der Waals surface area contributed by atoms with E-state index in [-0.39, 0.29) is 0 Å². The van der Waals surface area contributed by atoms with Gasteiger partial charge in [-0.15, -0.1) is 12.6 Å². The number of hydrogen-bond donors (Lipinski definition) is 1. The Labute approximate surface area is 114 Å². The van der Waals surface area contributed by atoms with Crippen LogP contribution in [0.15, 0.2) is 64.5 Å². The van der Waals surface area contributed by atoms with Gasteiger partial charge >= 0.3 is 0 Å². The lowest BCUT2D eigenvalue weighted by molar-refractivity contribution is 0.744. The first-order valence-electron chi connectivity index (χ1n) is 6.10. The van der Waals surface area contributed by atoms with Gasteiger partial charge in [0, 0.05) is 11.1 Å². The van der Waals surface area contributed by atoms with Gasteiger partial charge in [0.05, 0.1) is 6.04 Å². The third-order valence-electron chi connectivity index (χ3n) is 2.75. The maximum atomic E-state index is 4.57. The molecule has 0 aliphatic rings. The zero-order chi connectivity index (χ0) is 12.8. The fraction of sp³-hybridized carbons (Fsp3) is 0.188. The number of aliphatic imine (C=N–C) groups is 1. The average Bonchev–Trinajstić information content (AvgIpc) is 2.39. The van der Waals surface area contributed by atoms with Crippen molar-refractivity contribution in [3.63, 3.8) is 0 Å². The normalized spacial score (nSPS) is 12.8. The van der Waals surface area contributed by atoms with Crippen molar-refractivity contribution in [2.45, 2.75) is 24.3 Å². The molecule has 1 nitrogen and oxygen atoms in total. The first-order chi connectivity index (χ1) is 8.74. The minimum atomic E-state index is 0.295. The predicted octanol–water partition coefficient (Wildman–Crippen LogP) is 4.03. The van der Waals surface area contributed by atoms with Gasteiger partial charge in [-0.1, -0.05) is 42.5 Å². The highest BCUT2D eigenvalue weighted by Gasteiger charge is 1.99. The molecule has 1 atom stereocenters. The Bertz CT molecular complexity index is 502. The average molecular weight is 255 g/mol. The van der Waals surface area contributed by atoms with Crippen molar-refractivity contribution in [3.05, 3.63) is 65.7 Å². The Hall–Kier alpha value is -1.54. The Balaban J connectivity index is 1.95. The van der Waals surface area contributed by atoms with Crippen LogP contribution < -0.4 is 0 Å². The molecule has 0 radical (unpaired) electrons. The van der Waals surface area contributed by atoms with E-state index < -0.39 is 0 Å². The van der Waals surface area contributed by atoms with E-state index in [9.17, 15) is 0 Å². The maximum absolute atomic E-state index is 4.57. The summed E-state index contributed by atoms with van der Waals surface area (Å²) in [5.41, 5.74) is 2.44. The molecule has 0 amide bonds. The quantitative estimate of drug-likeness (QED) is 0.625. The van der Waals surface area contributed by atoms with Crippen LogP contribution in [0.3, 0.4) is 0 Å². The standard InChI is InChI=1S/C16H17NS/c1-13(11-14-5-3-2-4-6-14)17-12-15-7-9-16(18)10-8-15/h2-10,12-13,18H,11H2,1H3/t13-/m0/s1. The van der Waals surface area contributed by atoms with Gasteiger partial charge in [-0.2, -0.15) is 0 Å². The second-order valence-corrected chi connectivity index (χ2v) is 4.92. The summed E-state index contributed by atoms with van der Waals surface area (Å²) in [6, 6.07) is 18.8. The molecule has 92 valence electrons. The highest BCUT2D eigenvalue weighted by Crippen LogP contribution is 2.08. The minimum absolute atomic E-state index is 0.295. The van der Waals surface area contributed by atoms with E-state index in [1.807, 2.05) is 36.5 Å². The van der Waals surface area contributed by atoms with Gasteiger partial charge < -0.3 is 0 Å². The van der Waals surface area contributed by atoms with E-state index >= 15 is 0 Å². The molecule has 2 aromatic rings. The summed E-state index contributed by atoms with van der Waals surface area (Å²) in [6.07, 6.45) is 2.91. The van der Waals surface area contributed by atoms with Crippen LogP contribution in [0.4, 0.5) is 0 Å². The lowest BCUT2D eigenvalue weighted by Gasteiger charge is -2.05. The van der Waals surface area contributed by atoms with Crippen molar-refractivity contribution in [1.29, 1.82) is 0 Å². The molecule has 2 heteroatoms. The van der Waals surface area contributed by atoms with Gasteiger partial charge in [-0.05, 0) is 36.6 Å². The van der Waals surface area contributed by atoms with Gasteiger partial charge in [-0.25, -0.2) is 0 Å². The molecule has 0 bridgehead atoms. The lowest BCUT2D eigenvalue weighted by Crippen LogP contribution is -2.03. The summed E-state index contributed by atoms with van der Waals surface area (Å²) in [4.78, 5) is 5.55. The second-order valence-electron chi connectivity index (χ2n) is 4.41. The molecule has 0 saturated carbocycles. The SMILES string of the molecule is C[C@@H](Cc1ccccc1)N=Cc1ccc(S)cc1. The summed E-state index contributed by atoms with van der Waals surface area (Å²) in [5.74, 6) is 0. The summed E-state index contributed by atoms with van der Waals surface area (Å²) in [6.45, 7) is 2.14. The zero-order valence-electron chi connectivity index (χ0n) is 10.5. The molecule has 0 fully saturated rings. The molecule has 0 aliphatic heterocycles. The third kappa shape index (κ3) is 4.04. The van der Waals surface area contributed by atoms with Crippen molar-refractivity contribution in [1.82, 2.24) is 0 Å². The number of benzene rings is 2. The Morgan fingerprint density at radius 1 is 1.06 bits per heavy atom. The minimum Gasteiger partial charge on any atom is -0.289 e. The summed E-state index contributed by atoms with van der Waals surface area (Å²) < 4.78 is 0. The van der Waals surface area contributed by atoms with Gasteiger partial charge in [-0.3, -0.25) is 4.99 Å². The lowest BCUT2D eigenvalue weighted by atomic mass is 10.1. The molecule has 18 heavy (non-hydrogen) atoms. The second kappa shape index (κ2) is 6.41. The number of nitrogens with zero attached hydrogens (tertiary/aromatic N) is 1. The fourth-order valence-corrected chi connectivity index (χ4v) is 1.93. The summed E-state index contributed by atoms with van der Waals surface area (Å²) in [5, 5.41) is 0. The summed E-state index contributed by atoms with van der Waals surface area (Å²) in [7, 11) is 0. The van der Waals surface area contributed by atoms with Crippen LogP contribution in [-0.2, 0) is 6.42 Å². The smallest absolute Gasteiger partial charge is 0.0511 e. The molecular formula is C16H17NS. The van der Waals surface area contributed by atoms with Crippen molar-refractivity contribution in [2.75, 3.05) is 0 Å². The number of rotatable bonds is 4. The highest BCUT2D eigenvalue weighted by atomic mass is 32.1. The third-order valence-corrected chi connectivity index (χ3v) is 3.04. The Morgan fingerprint density at radius 2 is 1.72 bits per heavy atom. The van der Waals surface area contributed by atoms with E-state index in [4.69, 9.17) is 0 Å². The number of hydrogen-bond acceptors (Lipinski definition) is 2. The molecule has 2 rings (SSSR count). The van der Waals surface area contributed by atoms with E-state index in [0.717, 1.165) is 16.9 Å². The van der Waals surface area contributed by atoms with Crippen LogP contribution >= 0.6 is 12.6 Å². The zero-order valence-corrected chi connectivity index (χ0v) is 11.3. The number of thiol groups is 1. The first-order valence-corrected chi connectivity index (χ1v) is 6.55. The van der Waals surface area contributed by atoms with E-state index in [0.29, 0.717) is 6.04 Å². The van der Waals surface area contributed by atoms with E-state index in [1.54, 1.807) is 0 Å². The van der Waals surface area contributed by atoms with Crippen molar-refractivity contribution < 1.29 is 0 Å². The predicted molar refractivity (Wildman–Crippen MR) is 80.9 cm³/mol. The first kappa shape index (κ1) is 12.9. The molecule has 0 aliphatic carbocycles. The van der Waals surface area contributed by atoms with Crippen LogP contribution in [-0.4, -0.2) is 12.3 Å². The van der Waals surface area contributed by atoms with Crippen LogP contribution in [0.25, 0.3) is 0 Å². The highest BCUT2D eigenvalue weighted by molar-refractivity contribution is 7.80. The van der Waals surface area contributed by atoms with Crippen molar-refractivity contribution in [2.24, 2.45) is 4.99 Å². The largest absolute Gasteiger partial charge is 0.289 e. The van der Waals surface area contributed by atoms with Gasteiger partial charge in [0.25, 0.3) is 0 Å². The molecule has 0 spiro atoms. The fourth-order valence-electron chi connectivity index (χ4n) is 1.78. The summed E-state index contributed by atoms with van der Waals surface area (Å²) >= 11 is 4.26. The van der Waals surface area contributed by atoms with Crippen molar-refractivity contribution in [3.8, 4) is 0 Å². The molecule has 0 heterocycles. The van der Waals surface area contributed by atoms with Gasteiger partial charge in [0.1, 0.15) is 0 Å². The molecule has 0 aromatic heterocycles. The van der Waals surface area contributed by atoms with Crippen molar-refractivity contribution >= 4 is 18.8 Å². The molecule has 2 aromatic carbocycles. The van der Waals surface area contributed by atoms with Crippen LogP contribution in [0, 0.1) is 0 Å². The van der Waals surface area contributed by atoms with Gasteiger partial charge in [0.2, 0.25) is 0 Å². The Kier molecular flexibility index (Phi) is 4.59. The molecule has 0 saturated heterocycles. The van der Waals surface area contributed by atoms with E-state index in [1.165, 1.54) is 5.56 Å². The monoisotopic (exact) mass is 255 g/mol. The topological polar surface area (TPSA) is 12.4 Å². The molecular weight excluding hydrogens is 238 g/mol. The van der Waals surface area contributed by atoms with Crippen LogP contribution in [0.5, 0.6) is 0 Å².